The molecule has 0 radical (unpaired) electrons. The minimum absolute atomic E-state index is 0. The first-order valence-electron chi connectivity index (χ1n) is 7.39. The van der Waals surface area contributed by atoms with Gasteiger partial charge in [-0.05, 0) is 38.1 Å². The van der Waals surface area contributed by atoms with Crippen molar-refractivity contribution < 1.29 is 4.74 Å². The number of hydrogen-bond donors (Lipinski definition) is 2. The van der Waals surface area contributed by atoms with E-state index in [1.165, 1.54) is 9.75 Å². The van der Waals surface area contributed by atoms with Gasteiger partial charge in [0, 0.05) is 16.8 Å². The smallest absolute Gasteiger partial charge is 0.191 e. The molecule has 0 amide bonds. The summed E-state index contributed by atoms with van der Waals surface area (Å²) in [7, 11) is 1.78. The molecule has 1 aromatic heterocycles. The van der Waals surface area contributed by atoms with Gasteiger partial charge >= 0.3 is 0 Å². The van der Waals surface area contributed by atoms with Crippen molar-refractivity contribution in [1.29, 1.82) is 0 Å². The molecule has 2 aromatic rings. The molecule has 0 saturated heterocycles. The van der Waals surface area contributed by atoms with E-state index in [2.05, 4.69) is 34.7 Å². The number of hydrogen-bond acceptors (Lipinski definition) is 3. The lowest BCUT2D eigenvalue weighted by atomic mass is 10.3. The van der Waals surface area contributed by atoms with E-state index in [1.807, 2.05) is 37.3 Å². The number of ether oxygens (including phenoxy) is 1. The zero-order chi connectivity index (χ0) is 15.8. The Balaban J connectivity index is 0.00000264. The Kier molecular flexibility index (Phi) is 9.01. The Morgan fingerprint density at radius 3 is 2.52 bits per heavy atom. The van der Waals surface area contributed by atoms with Gasteiger partial charge in [-0.15, -0.1) is 35.3 Å². The van der Waals surface area contributed by atoms with Crippen LogP contribution in [0.5, 0.6) is 5.75 Å². The third-order valence-electron chi connectivity index (χ3n) is 3.09. The molecule has 126 valence electrons. The van der Waals surface area contributed by atoms with Crippen molar-refractivity contribution in [3.8, 4) is 5.75 Å². The van der Waals surface area contributed by atoms with Gasteiger partial charge in [-0.1, -0.05) is 18.2 Å². The molecule has 1 unspecified atom stereocenters. The minimum atomic E-state index is 0. The maximum absolute atomic E-state index is 5.83. The minimum Gasteiger partial charge on any atom is -0.489 e. The number of nitrogens with zero attached hydrogens (tertiary/aromatic N) is 1. The molecule has 6 heteroatoms. The number of rotatable bonds is 6. The van der Waals surface area contributed by atoms with Gasteiger partial charge in [0.05, 0.1) is 13.1 Å². The predicted octanol–water partition coefficient (Wildman–Crippen LogP) is 3.81. The van der Waals surface area contributed by atoms with Gasteiger partial charge in [0.25, 0.3) is 0 Å². The molecule has 0 bridgehead atoms. The van der Waals surface area contributed by atoms with E-state index in [0.29, 0.717) is 6.54 Å². The quantitative estimate of drug-likeness (QED) is 0.404. The van der Waals surface area contributed by atoms with Crippen molar-refractivity contribution in [3.05, 3.63) is 52.2 Å². The van der Waals surface area contributed by atoms with E-state index in [4.69, 9.17) is 4.74 Å². The van der Waals surface area contributed by atoms with Crippen LogP contribution < -0.4 is 15.4 Å². The fraction of sp³-hybridized carbons (Fsp3) is 0.353. The second-order valence-corrected chi connectivity index (χ2v) is 6.43. The number of guanidine groups is 1. The standard InChI is InChI=1S/C17H23N3OS.HI/c1-13(21-15-7-5-4-6-8-15)11-19-17(18-3)20-12-16-10-9-14(2)22-16;/h4-10,13H,11-12H2,1-3H3,(H2,18,19,20);1H. The van der Waals surface area contributed by atoms with Crippen LogP contribution in [0.2, 0.25) is 0 Å². The third-order valence-corrected chi connectivity index (χ3v) is 4.09. The van der Waals surface area contributed by atoms with Crippen molar-refractivity contribution in [2.24, 2.45) is 4.99 Å². The summed E-state index contributed by atoms with van der Waals surface area (Å²) in [6, 6.07) is 14.1. The van der Waals surface area contributed by atoms with Gasteiger partial charge in [-0.3, -0.25) is 4.99 Å². The highest BCUT2D eigenvalue weighted by Gasteiger charge is 2.06. The van der Waals surface area contributed by atoms with Gasteiger partial charge in [-0.2, -0.15) is 0 Å². The summed E-state index contributed by atoms with van der Waals surface area (Å²) in [6.07, 6.45) is 0.0601. The van der Waals surface area contributed by atoms with Crippen LogP contribution in [0.25, 0.3) is 0 Å². The van der Waals surface area contributed by atoms with E-state index < -0.39 is 0 Å². The first-order valence-corrected chi connectivity index (χ1v) is 8.20. The molecule has 1 aromatic carbocycles. The van der Waals surface area contributed by atoms with Crippen LogP contribution in [0, 0.1) is 6.92 Å². The maximum Gasteiger partial charge on any atom is 0.191 e. The first kappa shape index (κ1) is 19.8. The topological polar surface area (TPSA) is 45.7 Å². The van der Waals surface area contributed by atoms with Gasteiger partial charge in [0.2, 0.25) is 0 Å². The van der Waals surface area contributed by atoms with Crippen LogP contribution in [0.4, 0.5) is 0 Å². The van der Waals surface area contributed by atoms with Crippen LogP contribution in [0.1, 0.15) is 16.7 Å². The summed E-state index contributed by atoms with van der Waals surface area (Å²) in [5.41, 5.74) is 0. The zero-order valence-corrected chi connectivity index (χ0v) is 16.9. The highest BCUT2D eigenvalue weighted by Crippen LogP contribution is 2.14. The van der Waals surface area contributed by atoms with E-state index in [1.54, 1.807) is 18.4 Å². The van der Waals surface area contributed by atoms with Crippen molar-refractivity contribution in [1.82, 2.24) is 10.6 Å². The van der Waals surface area contributed by atoms with E-state index >= 15 is 0 Å². The van der Waals surface area contributed by atoms with Gasteiger partial charge in [-0.25, -0.2) is 0 Å². The van der Waals surface area contributed by atoms with Gasteiger partial charge < -0.3 is 15.4 Å². The largest absolute Gasteiger partial charge is 0.489 e. The van der Waals surface area contributed by atoms with Crippen molar-refractivity contribution in [2.75, 3.05) is 13.6 Å². The van der Waals surface area contributed by atoms with Gasteiger partial charge in [0.15, 0.2) is 5.96 Å². The second kappa shape index (κ2) is 10.5. The lowest BCUT2D eigenvalue weighted by Gasteiger charge is -2.17. The number of halogens is 1. The Bertz CT molecular complexity index is 601. The molecule has 0 aliphatic carbocycles. The van der Waals surface area contributed by atoms with Crippen LogP contribution in [-0.4, -0.2) is 25.7 Å². The lowest BCUT2D eigenvalue weighted by Crippen LogP contribution is -2.41. The average Bonchev–Trinajstić information content (AvgIpc) is 2.94. The van der Waals surface area contributed by atoms with Crippen molar-refractivity contribution in [2.45, 2.75) is 26.5 Å². The number of aryl methyl sites for hydroxylation is 1. The second-order valence-electron chi connectivity index (χ2n) is 5.06. The zero-order valence-electron chi connectivity index (χ0n) is 13.7. The molecule has 0 aliphatic heterocycles. The Morgan fingerprint density at radius 2 is 1.91 bits per heavy atom. The Hall–Kier alpha value is -1.28. The molecular weight excluding hydrogens is 421 g/mol. The predicted molar refractivity (Wildman–Crippen MR) is 109 cm³/mol. The average molecular weight is 445 g/mol. The molecule has 1 heterocycles. The molecule has 4 nitrogen and oxygen atoms in total. The number of para-hydroxylation sites is 1. The maximum atomic E-state index is 5.83. The molecular formula is C17H24IN3OS. The van der Waals surface area contributed by atoms with Crippen LogP contribution in [0.15, 0.2) is 47.5 Å². The molecule has 0 saturated carbocycles. The summed E-state index contributed by atoms with van der Waals surface area (Å²) in [5.74, 6) is 1.67. The van der Waals surface area contributed by atoms with E-state index in [0.717, 1.165) is 18.3 Å². The van der Waals surface area contributed by atoms with Gasteiger partial charge in [0.1, 0.15) is 11.9 Å². The summed E-state index contributed by atoms with van der Waals surface area (Å²) >= 11 is 1.80. The number of nitrogens with one attached hydrogen (secondary N) is 2. The summed E-state index contributed by atoms with van der Waals surface area (Å²) < 4.78 is 5.83. The molecule has 2 rings (SSSR count). The van der Waals surface area contributed by atoms with E-state index in [-0.39, 0.29) is 30.1 Å². The third kappa shape index (κ3) is 7.22. The fourth-order valence-corrected chi connectivity index (χ4v) is 2.82. The summed E-state index contributed by atoms with van der Waals surface area (Å²) in [6.45, 7) is 5.63. The molecule has 0 fully saturated rings. The SMILES string of the molecule is CN=C(NCc1ccc(C)s1)NCC(C)Oc1ccccc1.I. The fourth-order valence-electron chi connectivity index (χ4n) is 1.99. The normalized spacial score (nSPS) is 12.2. The Labute approximate surface area is 159 Å². The summed E-state index contributed by atoms with van der Waals surface area (Å²) in [4.78, 5) is 6.86. The molecule has 2 N–H and O–H groups in total. The van der Waals surface area contributed by atoms with Crippen LogP contribution in [-0.2, 0) is 6.54 Å². The first-order chi connectivity index (χ1) is 10.7. The van der Waals surface area contributed by atoms with E-state index in [9.17, 15) is 0 Å². The number of aliphatic imine (C=N–C) groups is 1. The van der Waals surface area contributed by atoms with Crippen molar-refractivity contribution in [3.63, 3.8) is 0 Å². The molecule has 23 heavy (non-hydrogen) atoms. The number of thiophene rings is 1. The van der Waals surface area contributed by atoms with Crippen molar-refractivity contribution >= 4 is 41.3 Å². The lowest BCUT2D eigenvalue weighted by molar-refractivity contribution is 0.224. The highest BCUT2D eigenvalue weighted by molar-refractivity contribution is 14.0. The molecule has 0 aliphatic rings. The van der Waals surface area contributed by atoms with Crippen LogP contribution >= 0.6 is 35.3 Å². The monoisotopic (exact) mass is 445 g/mol. The number of benzene rings is 1. The Morgan fingerprint density at radius 1 is 1.17 bits per heavy atom. The van der Waals surface area contributed by atoms with Crippen LogP contribution in [0.3, 0.4) is 0 Å². The molecule has 0 spiro atoms. The summed E-state index contributed by atoms with van der Waals surface area (Å²) in [5, 5.41) is 6.60. The highest BCUT2D eigenvalue weighted by atomic mass is 127. The molecule has 1 atom stereocenters.